The third-order valence-electron chi connectivity index (χ3n) is 4.64. The van der Waals surface area contributed by atoms with Crippen molar-refractivity contribution in [3.8, 4) is 17.3 Å². The van der Waals surface area contributed by atoms with Crippen molar-refractivity contribution in [2.24, 2.45) is 5.92 Å². The summed E-state index contributed by atoms with van der Waals surface area (Å²) in [5.41, 5.74) is 3.71. The second kappa shape index (κ2) is 6.42. The summed E-state index contributed by atoms with van der Waals surface area (Å²) in [6.07, 6.45) is 2.79. The molecule has 0 saturated carbocycles. The Labute approximate surface area is 154 Å². The summed E-state index contributed by atoms with van der Waals surface area (Å²) >= 11 is 1.44. The molecule has 3 aromatic rings. The molecule has 1 amide bonds. The van der Waals surface area contributed by atoms with Crippen molar-refractivity contribution in [3.63, 3.8) is 0 Å². The van der Waals surface area contributed by atoms with Gasteiger partial charge in [0.2, 0.25) is 5.91 Å². The Hall–Kier alpha value is -2.92. The number of fused-ring (bicyclic) bond motifs is 1. The van der Waals surface area contributed by atoms with E-state index in [-0.39, 0.29) is 11.8 Å². The third kappa shape index (κ3) is 2.91. The number of nitriles is 1. The Morgan fingerprint density at radius 1 is 1.46 bits per heavy atom. The average Bonchev–Trinajstić information content (AvgIpc) is 3.32. The fourth-order valence-corrected chi connectivity index (χ4v) is 4.21. The molecule has 1 unspecified atom stereocenters. The first kappa shape index (κ1) is 16.5. The van der Waals surface area contributed by atoms with E-state index in [1.165, 1.54) is 11.3 Å². The summed E-state index contributed by atoms with van der Waals surface area (Å²) in [6, 6.07) is 5.97. The molecule has 0 radical (unpaired) electrons. The molecule has 1 saturated heterocycles. The predicted octanol–water partition coefficient (Wildman–Crippen LogP) is 3.31. The number of anilines is 1. The van der Waals surface area contributed by atoms with E-state index >= 15 is 0 Å². The van der Waals surface area contributed by atoms with E-state index in [4.69, 9.17) is 9.78 Å². The number of nitrogens with zero attached hydrogens (tertiary/aromatic N) is 4. The quantitative estimate of drug-likeness (QED) is 0.714. The van der Waals surface area contributed by atoms with Crippen molar-refractivity contribution in [1.82, 2.24) is 15.0 Å². The molecule has 1 fully saturated rings. The first-order chi connectivity index (χ1) is 12.5. The average molecular weight is 367 g/mol. The van der Waals surface area contributed by atoms with Crippen molar-refractivity contribution < 1.29 is 9.32 Å². The van der Waals surface area contributed by atoms with Crippen LogP contribution in [0.1, 0.15) is 17.9 Å². The van der Waals surface area contributed by atoms with E-state index in [1.54, 1.807) is 4.90 Å². The molecule has 8 heteroatoms. The highest BCUT2D eigenvalue weighted by molar-refractivity contribution is 7.22. The van der Waals surface area contributed by atoms with Crippen molar-refractivity contribution in [1.29, 1.82) is 5.26 Å². The number of nitrogens with one attached hydrogen (secondary N) is 1. The summed E-state index contributed by atoms with van der Waals surface area (Å²) in [5.74, 6) is 0.537. The van der Waals surface area contributed by atoms with E-state index in [1.807, 2.05) is 32.0 Å². The lowest BCUT2D eigenvalue weighted by Crippen LogP contribution is -2.25. The highest BCUT2D eigenvalue weighted by Crippen LogP contribution is 2.33. The number of carbonyl (C=O) groups excluding carboxylic acids is 1. The van der Waals surface area contributed by atoms with Crippen LogP contribution in [0.2, 0.25) is 0 Å². The molecule has 132 valence electrons. The van der Waals surface area contributed by atoms with Crippen LogP contribution in [0.15, 0.2) is 22.7 Å². The van der Waals surface area contributed by atoms with Gasteiger partial charge in [-0.2, -0.15) is 5.26 Å². The molecular formula is C18H17N5O2S. The van der Waals surface area contributed by atoms with E-state index in [0.29, 0.717) is 24.6 Å². The molecule has 0 aliphatic carbocycles. The van der Waals surface area contributed by atoms with Crippen molar-refractivity contribution in [3.05, 3.63) is 29.7 Å². The van der Waals surface area contributed by atoms with E-state index in [9.17, 15) is 4.79 Å². The monoisotopic (exact) mass is 367 g/mol. The fourth-order valence-electron chi connectivity index (χ4n) is 3.30. The highest BCUT2D eigenvalue weighted by Gasteiger charge is 2.28. The van der Waals surface area contributed by atoms with E-state index < -0.39 is 0 Å². The molecule has 1 aromatic carbocycles. The van der Waals surface area contributed by atoms with Gasteiger partial charge in [-0.25, -0.2) is 4.98 Å². The maximum absolute atomic E-state index is 12.4. The maximum Gasteiger partial charge on any atom is 0.231 e. The lowest BCUT2D eigenvalue weighted by atomic mass is 10.0. The zero-order valence-corrected chi connectivity index (χ0v) is 15.3. The Morgan fingerprint density at radius 3 is 3.00 bits per heavy atom. The first-order valence-corrected chi connectivity index (χ1v) is 9.16. The van der Waals surface area contributed by atoms with E-state index in [2.05, 4.69) is 21.7 Å². The van der Waals surface area contributed by atoms with Crippen LogP contribution in [0.5, 0.6) is 0 Å². The number of likely N-dealkylation sites (tertiary alicyclic amines) is 1. The van der Waals surface area contributed by atoms with Crippen LogP contribution in [-0.2, 0) is 4.79 Å². The number of hydrogen-bond acceptors (Lipinski definition) is 7. The number of amides is 1. The largest absolute Gasteiger partial charge is 0.361 e. The van der Waals surface area contributed by atoms with Gasteiger partial charge in [-0.05, 0) is 38.0 Å². The second-order valence-corrected chi connectivity index (χ2v) is 7.45. The van der Waals surface area contributed by atoms with Gasteiger partial charge in [0.1, 0.15) is 5.76 Å². The van der Waals surface area contributed by atoms with Crippen LogP contribution in [0, 0.1) is 31.2 Å². The molecule has 0 spiro atoms. The van der Waals surface area contributed by atoms with Gasteiger partial charge in [0.25, 0.3) is 0 Å². The zero-order chi connectivity index (χ0) is 18.3. The third-order valence-corrected chi connectivity index (χ3v) is 5.57. The lowest BCUT2D eigenvalue weighted by molar-refractivity contribution is -0.119. The van der Waals surface area contributed by atoms with E-state index in [0.717, 1.165) is 32.8 Å². The van der Waals surface area contributed by atoms with Crippen LogP contribution in [0.3, 0.4) is 0 Å². The molecule has 1 atom stereocenters. The van der Waals surface area contributed by atoms with Crippen LogP contribution < -0.4 is 5.32 Å². The molecular weight excluding hydrogens is 350 g/mol. The van der Waals surface area contributed by atoms with Crippen LogP contribution in [0.25, 0.3) is 21.3 Å². The molecule has 0 bridgehead atoms. The normalized spacial score (nSPS) is 16.8. The van der Waals surface area contributed by atoms with Gasteiger partial charge in [-0.3, -0.25) is 4.79 Å². The van der Waals surface area contributed by atoms with Gasteiger partial charge in [0.05, 0.1) is 21.8 Å². The SMILES string of the molecule is Cc1noc(C)c1-c1ccc2nc(NC(=O)C3CCN(C#N)C3)sc2c1. The first-order valence-electron chi connectivity index (χ1n) is 8.34. The number of thiazole rings is 1. The minimum absolute atomic E-state index is 0.0762. The molecule has 26 heavy (non-hydrogen) atoms. The minimum Gasteiger partial charge on any atom is -0.361 e. The van der Waals surface area contributed by atoms with Gasteiger partial charge in [-0.1, -0.05) is 22.6 Å². The van der Waals surface area contributed by atoms with Gasteiger partial charge >= 0.3 is 0 Å². The Kier molecular flexibility index (Phi) is 4.09. The summed E-state index contributed by atoms with van der Waals surface area (Å²) in [7, 11) is 0. The number of hydrogen-bond donors (Lipinski definition) is 1. The number of aryl methyl sites for hydroxylation is 2. The Balaban J connectivity index is 1.57. The summed E-state index contributed by atoms with van der Waals surface area (Å²) in [6.45, 7) is 4.92. The fraction of sp³-hybridized carbons (Fsp3) is 0.333. The van der Waals surface area contributed by atoms with Gasteiger partial charge in [-0.15, -0.1) is 0 Å². The Bertz CT molecular complexity index is 1010. The van der Waals surface area contributed by atoms with Gasteiger partial charge in [0, 0.05) is 18.7 Å². The van der Waals surface area contributed by atoms with Crippen LogP contribution in [-0.4, -0.2) is 34.0 Å². The second-order valence-electron chi connectivity index (χ2n) is 6.42. The van der Waals surface area contributed by atoms with Crippen molar-refractivity contribution in [2.75, 3.05) is 18.4 Å². The highest BCUT2D eigenvalue weighted by atomic mass is 32.1. The van der Waals surface area contributed by atoms with Gasteiger partial charge in [0.15, 0.2) is 11.3 Å². The lowest BCUT2D eigenvalue weighted by Gasteiger charge is -2.08. The molecule has 1 aliphatic heterocycles. The van der Waals surface area contributed by atoms with Gasteiger partial charge < -0.3 is 14.7 Å². The zero-order valence-electron chi connectivity index (χ0n) is 14.4. The standard InChI is InChI=1S/C18H17N5O2S/c1-10-16(11(2)25-22-10)12-3-4-14-15(7-12)26-18(20-14)21-17(24)13-5-6-23(8-13)9-19/h3-4,7,13H,5-6,8H2,1-2H3,(H,20,21,24). The summed E-state index contributed by atoms with van der Waals surface area (Å²) in [4.78, 5) is 18.5. The molecule has 3 heterocycles. The summed E-state index contributed by atoms with van der Waals surface area (Å²) < 4.78 is 6.24. The number of carbonyl (C=O) groups is 1. The molecule has 7 nitrogen and oxygen atoms in total. The predicted molar refractivity (Wildman–Crippen MR) is 98.5 cm³/mol. The topological polar surface area (TPSA) is 95.1 Å². The molecule has 2 aromatic heterocycles. The number of aromatic nitrogens is 2. The number of benzene rings is 1. The smallest absolute Gasteiger partial charge is 0.231 e. The van der Waals surface area contributed by atoms with Crippen LogP contribution in [0.4, 0.5) is 5.13 Å². The summed E-state index contributed by atoms with van der Waals surface area (Å²) in [5, 5.41) is 16.4. The minimum atomic E-state index is -0.167. The van der Waals surface area contributed by atoms with Crippen LogP contribution >= 0.6 is 11.3 Å². The molecule has 1 N–H and O–H groups in total. The molecule has 1 aliphatic rings. The molecule has 4 rings (SSSR count). The Morgan fingerprint density at radius 2 is 2.31 bits per heavy atom. The number of rotatable bonds is 3. The van der Waals surface area contributed by atoms with Crippen molar-refractivity contribution >= 4 is 32.6 Å². The van der Waals surface area contributed by atoms with Crippen molar-refractivity contribution in [2.45, 2.75) is 20.3 Å². The maximum atomic E-state index is 12.4.